The molecule has 2 rings (SSSR count). The maximum Gasteiger partial charge on any atom is 0.252 e. The van der Waals surface area contributed by atoms with Gasteiger partial charge in [-0.15, -0.1) is 0 Å². The highest BCUT2D eigenvalue weighted by Crippen LogP contribution is 2.23. The highest BCUT2D eigenvalue weighted by Gasteiger charge is 2.38. The lowest BCUT2D eigenvalue weighted by Crippen LogP contribution is -2.30. The number of carbonyl (C=O) groups excluding carboxylic acids is 1. The van der Waals surface area contributed by atoms with Crippen molar-refractivity contribution < 1.29 is 23.1 Å². The minimum absolute atomic E-state index is 0.161. The fourth-order valence-corrected chi connectivity index (χ4v) is 3.51. The third kappa shape index (κ3) is 2.62. The first-order valence-corrected chi connectivity index (χ1v) is 7.15. The Kier molecular flexibility index (Phi) is 3.27. The molecular weight excluding hydrogens is 258 g/mol. The summed E-state index contributed by atoms with van der Waals surface area (Å²) in [6.45, 7) is 0. The number of amides is 1. The maximum absolute atomic E-state index is 11.3. The molecule has 3 N–H and O–H groups in total. The zero-order chi connectivity index (χ0) is 13.3. The third-order valence-corrected chi connectivity index (χ3v) is 4.39. The number of primary amides is 1. The molecule has 1 aliphatic heterocycles. The van der Waals surface area contributed by atoms with Gasteiger partial charge in [0.15, 0.2) is 9.84 Å². The van der Waals surface area contributed by atoms with Gasteiger partial charge in [-0.3, -0.25) is 4.79 Å². The van der Waals surface area contributed by atoms with Crippen LogP contribution in [0.15, 0.2) is 24.3 Å². The molecule has 1 saturated heterocycles. The third-order valence-electron chi connectivity index (χ3n) is 2.70. The number of sulfone groups is 1. The molecule has 1 aliphatic rings. The van der Waals surface area contributed by atoms with Crippen LogP contribution in [0.5, 0.6) is 5.75 Å². The molecule has 6 nitrogen and oxygen atoms in total. The van der Waals surface area contributed by atoms with E-state index in [0.717, 1.165) is 0 Å². The van der Waals surface area contributed by atoms with Crippen LogP contribution in [0.3, 0.4) is 0 Å². The molecule has 2 unspecified atom stereocenters. The average molecular weight is 271 g/mol. The molecule has 1 aromatic carbocycles. The van der Waals surface area contributed by atoms with Gasteiger partial charge in [-0.05, 0) is 12.1 Å². The van der Waals surface area contributed by atoms with Crippen molar-refractivity contribution >= 4 is 15.7 Å². The van der Waals surface area contributed by atoms with Gasteiger partial charge in [-0.2, -0.15) is 0 Å². The summed E-state index contributed by atoms with van der Waals surface area (Å²) < 4.78 is 28.0. The van der Waals surface area contributed by atoms with Crippen molar-refractivity contribution in [3.63, 3.8) is 0 Å². The molecule has 0 aliphatic carbocycles. The fourth-order valence-electron chi connectivity index (χ4n) is 1.85. The highest BCUT2D eigenvalue weighted by molar-refractivity contribution is 7.91. The standard InChI is InChI=1S/C11H13NO5S/c12-11(14)7-3-1-2-4-9(7)17-10-6-18(15,16)5-8(10)13/h1-4,8,10,13H,5-6H2,(H2,12,14). The van der Waals surface area contributed by atoms with E-state index >= 15 is 0 Å². The summed E-state index contributed by atoms with van der Waals surface area (Å²) in [4.78, 5) is 11.2. The molecule has 18 heavy (non-hydrogen) atoms. The molecule has 0 bridgehead atoms. The van der Waals surface area contributed by atoms with E-state index in [1.54, 1.807) is 12.1 Å². The second kappa shape index (κ2) is 4.58. The van der Waals surface area contributed by atoms with Crippen LogP contribution in [0.2, 0.25) is 0 Å². The molecule has 0 spiro atoms. The predicted molar refractivity (Wildman–Crippen MR) is 64.0 cm³/mol. The molecule has 1 heterocycles. The van der Waals surface area contributed by atoms with Crippen molar-refractivity contribution in [2.75, 3.05) is 11.5 Å². The van der Waals surface area contributed by atoms with E-state index in [1.165, 1.54) is 12.1 Å². The molecule has 98 valence electrons. The van der Waals surface area contributed by atoms with Gasteiger partial charge in [-0.1, -0.05) is 12.1 Å². The van der Waals surface area contributed by atoms with E-state index in [4.69, 9.17) is 10.5 Å². The number of rotatable bonds is 3. The summed E-state index contributed by atoms with van der Waals surface area (Å²) in [7, 11) is -3.29. The molecular formula is C11H13NO5S. The minimum Gasteiger partial charge on any atom is -0.486 e. The largest absolute Gasteiger partial charge is 0.486 e. The van der Waals surface area contributed by atoms with Crippen LogP contribution in [0.25, 0.3) is 0 Å². The number of benzene rings is 1. The summed E-state index contributed by atoms with van der Waals surface area (Å²) in [5.41, 5.74) is 5.34. The first-order valence-electron chi connectivity index (χ1n) is 5.33. The molecule has 1 amide bonds. The van der Waals surface area contributed by atoms with Crippen LogP contribution in [0, 0.1) is 0 Å². The number of aliphatic hydroxyl groups excluding tert-OH is 1. The van der Waals surface area contributed by atoms with Gasteiger partial charge in [-0.25, -0.2) is 8.42 Å². The van der Waals surface area contributed by atoms with E-state index < -0.39 is 28.0 Å². The number of carbonyl (C=O) groups is 1. The van der Waals surface area contributed by atoms with E-state index in [9.17, 15) is 18.3 Å². The molecule has 0 saturated carbocycles. The molecule has 2 atom stereocenters. The number of nitrogens with two attached hydrogens (primary N) is 1. The highest BCUT2D eigenvalue weighted by atomic mass is 32.2. The second-order valence-corrected chi connectivity index (χ2v) is 6.31. The summed E-state index contributed by atoms with van der Waals surface area (Å²) in [6.07, 6.45) is -1.95. The van der Waals surface area contributed by atoms with E-state index in [0.29, 0.717) is 0 Å². The van der Waals surface area contributed by atoms with Crippen LogP contribution in [0.4, 0.5) is 0 Å². The molecule has 1 aromatic rings. The Morgan fingerprint density at radius 2 is 2.00 bits per heavy atom. The van der Waals surface area contributed by atoms with Gasteiger partial charge in [0.2, 0.25) is 0 Å². The lowest BCUT2D eigenvalue weighted by atomic mass is 10.2. The zero-order valence-electron chi connectivity index (χ0n) is 9.44. The van der Waals surface area contributed by atoms with Crippen LogP contribution in [-0.2, 0) is 9.84 Å². The monoisotopic (exact) mass is 271 g/mol. The van der Waals surface area contributed by atoms with Crippen molar-refractivity contribution in [3.05, 3.63) is 29.8 Å². The van der Waals surface area contributed by atoms with Crippen molar-refractivity contribution in [3.8, 4) is 5.75 Å². The van der Waals surface area contributed by atoms with Crippen molar-refractivity contribution in [2.45, 2.75) is 12.2 Å². The fraction of sp³-hybridized carbons (Fsp3) is 0.364. The maximum atomic E-state index is 11.3. The zero-order valence-corrected chi connectivity index (χ0v) is 10.3. The van der Waals surface area contributed by atoms with Crippen LogP contribution >= 0.6 is 0 Å². The van der Waals surface area contributed by atoms with Crippen LogP contribution in [-0.4, -0.2) is 43.1 Å². The summed E-state index contributed by atoms with van der Waals surface area (Å²) >= 11 is 0. The SMILES string of the molecule is NC(=O)c1ccccc1OC1CS(=O)(=O)CC1O. The average Bonchev–Trinajstić information content (AvgIpc) is 2.52. The Bertz CT molecular complexity index is 569. The van der Waals surface area contributed by atoms with Crippen molar-refractivity contribution in [1.82, 2.24) is 0 Å². The van der Waals surface area contributed by atoms with Crippen LogP contribution in [0.1, 0.15) is 10.4 Å². The lowest BCUT2D eigenvalue weighted by molar-refractivity contribution is 0.0722. The first-order chi connectivity index (χ1) is 8.39. The molecule has 0 aromatic heterocycles. The Morgan fingerprint density at radius 1 is 1.33 bits per heavy atom. The number of para-hydroxylation sites is 1. The summed E-state index contributed by atoms with van der Waals surface area (Å²) in [6, 6.07) is 6.25. The van der Waals surface area contributed by atoms with Gasteiger partial charge in [0, 0.05) is 0 Å². The second-order valence-electron chi connectivity index (χ2n) is 4.16. The van der Waals surface area contributed by atoms with E-state index in [-0.39, 0.29) is 22.8 Å². The quantitative estimate of drug-likeness (QED) is 0.757. The Morgan fingerprint density at radius 3 is 2.56 bits per heavy atom. The Balaban J connectivity index is 2.23. The molecule has 1 fully saturated rings. The Hall–Kier alpha value is -1.60. The summed E-state index contributed by atoms with van der Waals surface area (Å²) in [5, 5.41) is 9.60. The number of hydrogen-bond donors (Lipinski definition) is 2. The lowest BCUT2D eigenvalue weighted by Gasteiger charge is -2.17. The van der Waals surface area contributed by atoms with E-state index in [2.05, 4.69) is 0 Å². The minimum atomic E-state index is -3.29. The van der Waals surface area contributed by atoms with Gasteiger partial charge in [0.05, 0.1) is 17.1 Å². The van der Waals surface area contributed by atoms with Crippen molar-refractivity contribution in [1.29, 1.82) is 0 Å². The van der Waals surface area contributed by atoms with E-state index in [1.807, 2.05) is 0 Å². The predicted octanol–water partition coefficient (Wildman–Crippen LogP) is -0.678. The van der Waals surface area contributed by atoms with Gasteiger partial charge in [0.1, 0.15) is 18.0 Å². The smallest absolute Gasteiger partial charge is 0.252 e. The topological polar surface area (TPSA) is 107 Å². The van der Waals surface area contributed by atoms with Gasteiger partial charge in [0.25, 0.3) is 5.91 Å². The number of hydrogen-bond acceptors (Lipinski definition) is 5. The van der Waals surface area contributed by atoms with Gasteiger partial charge >= 0.3 is 0 Å². The normalized spacial score (nSPS) is 25.8. The van der Waals surface area contributed by atoms with Gasteiger partial charge < -0.3 is 15.6 Å². The molecule has 0 radical (unpaired) electrons. The summed E-state index contributed by atoms with van der Waals surface area (Å²) in [5.74, 6) is -1.07. The number of aliphatic hydroxyl groups is 1. The Labute approximate surface area is 104 Å². The van der Waals surface area contributed by atoms with Crippen LogP contribution < -0.4 is 10.5 Å². The van der Waals surface area contributed by atoms with Crippen molar-refractivity contribution in [2.24, 2.45) is 5.73 Å². The molecule has 7 heteroatoms. The number of ether oxygens (including phenoxy) is 1. The first kappa shape index (κ1) is 12.8.